The van der Waals surface area contributed by atoms with Crippen LogP contribution in [-0.4, -0.2) is 80.6 Å². The molecule has 0 aliphatic carbocycles. The van der Waals surface area contributed by atoms with Gasteiger partial charge in [-0.1, -0.05) is 107 Å². The van der Waals surface area contributed by atoms with Gasteiger partial charge in [0.15, 0.2) is 12.1 Å². The molecule has 8 heteroatoms. The molecule has 0 heterocycles. The Morgan fingerprint density at radius 3 is 1.83 bits per heavy atom. The maximum absolute atomic E-state index is 12.6. The minimum atomic E-state index is -0.888. The van der Waals surface area contributed by atoms with E-state index >= 15 is 0 Å². The second kappa shape index (κ2) is 30.4. The number of esters is 2. The topological polar surface area (TPSA) is 99.1 Å². The van der Waals surface area contributed by atoms with Crippen molar-refractivity contribution in [2.45, 2.75) is 129 Å². The molecule has 0 aromatic rings. The number of hydrogen-bond acceptors (Lipinski definition) is 6. The first-order valence-corrected chi connectivity index (χ1v) is 17.9. The van der Waals surface area contributed by atoms with Crippen molar-refractivity contribution in [1.29, 1.82) is 0 Å². The third kappa shape index (κ3) is 28.9. The van der Waals surface area contributed by atoms with Gasteiger partial charge < -0.3 is 23.8 Å². The van der Waals surface area contributed by atoms with Crippen molar-refractivity contribution in [3.05, 3.63) is 60.8 Å². The number of aliphatic carboxylic acids is 1. The van der Waals surface area contributed by atoms with Crippen LogP contribution in [0.4, 0.5) is 0 Å². The zero-order chi connectivity index (χ0) is 35.0. The molecule has 0 amide bonds. The smallest absolute Gasteiger partial charge is 0.362 e. The Morgan fingerprint density at radius 1 is 0.660 bits per heavy atom. The number of carbonyl (C=O) groups excluding carboxylic acids is 2. The first kappa shape index (κ1) is 44.0. The van der Waals surface area contributed by atoms with Crippen LogP contribution in [0.25, 0.3) is 0 Å². The minimum Gasteiger partial charge on any atom is -0.477 e. The van der Waals surface area contributed by atoms with Crippen molar-refractivity contribution in [3.63, 3.8) is 0 Å². The number of hydrogen-bond donors (Lipinski definition) is 1. The summed E-state index contributed by atoms with van der Waals surface area (Å²) in [4.78, 5) is 36.6. The van der Waals surface area contributed by atoms with Gasteiger partial charge in [0.25, 0.3) is 0 Å². The highest BCUT2D eigenvalue weighted by Crippen LogP contribution is 2.11. The van der Waals surface area contributed by atoms with Gasteiger partial charge in [-0.15, -0.1) is 0 Å². The Balaban J connectivity index is 4.57. The zero-order valence-corrected chi connectivity index (χ0v) is 30.2. The average Bonchev–Trinajstić information content (AvgIpc) is 3.01. The van der Waals surface area contributed by atoms with Crippen molar-refractivity contribution in [2.75, 3.05) is 41.0 Å². The van der Waals surface area contributed by atoms with Crippen LogP contribution in [0.1, 0.15) is 117 Å². The standard InChI is InChI=1S/C39H65NO7/c1-6-8-10-12-14-16-18-19-20-22-24-26-28-30-38(42)47-35(33-45-32-31-36(39(43)44)40(3,4)5)34-46-37(41)29-27-25-23-21-17-15-13-11-9-7-2/h8,10,12-16,18-20,35-36H,6-7,9,11,17,21-34H2,1-5H3/p+1/b10-8+,14-12+,15-13+,18-16+,20-19+. The molecular weight excluding hydrogens is 594 g/mol. The van der Waals surface area contributed by atoms with Gasteiger partial charge in [0.1, 0.15) is 6.61 Å². The Bertz CT molecular complexity index is 959. The third-order valence-electron chi connectivity index (χ3n) is 7.50. The van der Waals surface area contributed by atoms with Gasteiger partial charge >= 0.3 is 17.9 Å². The normalized spacial score (nSPS) is 13.8. The van der Waals surface area contributed by atoms with Crippen LogP contribution < -0.4 is 0 Å². The van der Waals surface area contributed by atoms with E-state index in [1.807, 2.05) is 57.6 Å². The van der Waals surface area contributed by atoms with Crippen LogP contribution in [0.5, 0.6) is 0 Å². The van der Waals surface area contributed by atoms with E-state index in [1.54, 1.807) is 0 Å². The molecular formula is C39H66NO7+. The van der Waals surface area contributed by atoms with E-state index in [2.05, 4.69) is 38.2 Å². The van der Waals surface area contributed by atoms with E-state index in [-0.39, 0.29) is 42.7 Å². The third-order valence-corrected chi connectivity index (χ3v) is 7.50. The lowest BCUT2D eigenvalue weighted by atomic mass is 10.1. The number of rotatable bonds is 30. The molecule has 0 aliphatic heterocycles. The summed E-state index contributed by atoms with van der Waals surface area (Å²) in [6.07, 6.45) is 34.1. The highest BCUT2D eigenvalue weighted by molar-refractivity contribution is 5.72. The fraction of sp³-hybridized carbons (Fsp3) is 0.667. The lowest BCUT2D eigenvalue weighted by molar-refractivity contribution is -0.887. The van der Waals surface area contributed by atoms with Crippen LogP contribution in [0.2, 0.25) is 0 Å². The van der Waals surface area contributed by atoms with E-state index in [0.717, 1.165) is 64.2 Å². The first-order valence-electron chi connectivity index (χ1n) is 17.9. The SMILES string of the molecule is CC/C=C/C=C/C=C/C=C/CCCCCC(=O)OC(COCCC(C(=O)O)[N+](C)(C)C)COC(=O)CCCCCC/C=C/CCCC. The van der Waals surface area contributed by atoms with E-state index in [9.17, 15) is 19.5 Å². The summed E-state index contributed by atoms with van der Waals surface area (Å²) in [6.45, 7) is 4.45. The summed E-state index contributed by atoms with van der Waals surface area (Å²) in [5.41, 5.74) is 0. The summed E-state index contributed by atoms with van der Waals surface area (Å²) in [5, 5.41) is 9.56. The number of ether oxygens (including phenoxy) is 3. The van der Waals surface area contributed by atoms with E-state index < -0.39 is 18.1 Å². The van der Waals surface area contributed by atoms with Crippen molar-refractivity contribution in [3.8, 4) is 0 Å². The van der Waals surface area contributed by atoms with E-state index in [4.69, 9.17) is 14.2 Å². The van der Waals surface area contributed by atoms with Gasteiger partial charge in [-0.25, -0.2) is 4.79 Å². The van der Waals surface area contributed by atoms with Crippen molar-refractivity contribution >= 4 is 17.9 Å². The largest absolute Gasteiger partial charge is 0.477 e. The van der Waals surface area contributed by atoms with Crippen LogP contribution in [0, 0.1) is 0 Å². The van der Waals surface area contributed by atoms with Crippen molar-refractivity contribution in [1.82, 2.24) is 0 Å². The predicted octanol–water partition coefficient (Wildman–Crippen LogP) is 8.68. The number of nitrogens with zero attached hydrogens (tertiary/aromatic N) is 1. The quantitative estimate of drug-likeness (QED) is 0.0271. The monoisotopic (exact) mass is 660 g/mol. The summed E-state index contributed by atoms with van der Waals surface area (Å²) < 4.78 is 17.1. The molecule has 0 saturated heterocycles. The predicted molar refractivity (Wildman–Crippen MR) is 192 cm³/mol. The lowest BCUT2D eigenvalue weighted by Crippen LogP contribution is -2.50. The first-order chi connectivity index (χ1) is 22.6. The second-order valence-corrected chi connectivity index (χ2v) is 12.8. The molecule has 47 heavy (non-hydrogen) atoms. The van der Waals surface area contributed by atoms with E-state index in [1.165, 1.54) is 12.8 Å². The summed E-state index contributed by atoms with van der Waals surface area (Å²) in [7, 11) is 5.48. The van der Waals surface area contributed by atoms with Crippen LogP contribution in [-0.2, 0) is 28.6 Å². The van der Waals surface area contributed by atoms with Gasteiger partial charge in [0.2, 0.25) is 0 Å². The number of carboxylic acid groups (broad SMARTS) is 1. The molecule has 0 aromatic carbocycles. The molecule has 8 nitrogen and oxygen atoms in total. The number of quaternary nitrogens is 1. The molecule has 1 N–H and O–H groups in total. The van der Waals surface area contributed by atoms with Crippen molar-refractivity contribution in [2.24, 2.45) is 0 Å². The minimum absolute atomic E-state index is 0.0384. The lowest BCUT2D eigenvalue weighted by Gasteiger charge is -2.31. The zero-order valence-electron chi connectivity index (χ0n) is 30.2. The maximum atomic E-state index is 12.6. The maximum Gasteiger partial charge on any atom is 0.362 e. The summed E-state index contributed by atoms with van der Waals surface area (Å²) in [6, 6.07) is -0.624. The molecule has 0 radical (unpaired) electrons. The van der Waals surface area contributed by atoms with Gasteiger partial charge in [0.05, 0.1) is 34.4 Å². The highest BCUT2D eigenvalue weighted by atomic mass is 16.6. The molecule has 0 fully saturated rings. The Labute approximate surface area is 286 Å². The van der Waals surface area contributed by atoms with Crippen LogP contribution >= 0.6 is 0 Å². The highest BCUT2D eigenvalue weighted by Gasteiger charge is 2.31. The van der Waals surface area contributed by atoms with Gasteiger partial charge in [-0.05, 0) is 51.4 Å². The Hall–Kier alpha value is -2.97. The number of unbranched alkanes of at least 4 members (excludes halogenated alkanes) is 9. The molecule has 0 bridgehead atoms. The number of carboxylic acids is 1. The fourth-order valence-electron chi connectivity index (χ4n) is 4.67. The van der Waals surface area contributed by atoms with Gasteiger partial charge in [-0.3, -0.25) is 9.59 Å². The fourth-order valence-corrected chi connectivity index (χ4v) is 4.67. The number of likely N-dealkylation sites (N-methyl/N-ethyl adjacent to an activating group) is 1. The molecule has 268 valence electrons. The van der Waals surface area contributed by atoms with Crippen LogP contribution in [0.3, 0.4) is 0 Å². The van der Waals surface area contributed by atoms with Crippen molar-refractivity contribution < 1.29 is 38.2 Å². The molecule has 2 unspecified atom stereocenters. The summed E-state index contributed by atoms with van der Waals surface area (Å²) in [5.74, 6) is -1.55. The number of allylic oxidation sites excluding steroid dienone is 10. The molecule has 0 aromatic heterocycles. The van der Waals surface area contributed by atoms with Gasteiger partial charge in [-0.2, -0.15) is 0 Å². The summed E-state index contributed by atoms with van der Waals surface area (Å²) >= 11 is 0. The molecule has 0 aliphatic rings. The molecule has 0 rings (SSSR count). The average molecular weight is 661 g/mol. The molecule has 0 spiro atoms. The molecule has 2 atom stereocenters. The number of carbonyl (C=O) groups is 3. The molecule has 0 saturated carbocycles. The van der Waals surface area contributed by atoms with Crippen LogP contribution in [0.15, 0.2) is 60.8 Å². The van der Waals surface area contributed by atoms with Gasteiger partial charge in [0, 0.05) is 19.3 Å². The Morgan fingerprint density at radius 2 is 1.21 bits per heavy atom. The Kier molecular flexibility index (Phi) is 28.4. The van der Waals surface area contributed by atoms with E-state index in [0.29, 0.717) is 19.3 Å². The second-order valence-electron chi connectivity index (χ2n) is 12.8.